The average molecular weight is 352 g/mol. The van der Waals surface area contributed by atoms with Gasteiger partial charge in [0.15, 0.2) is 0 Å². The van der Waals surface area contributed by atoms with Crippen LogP contribution in [0.1, 0.15) is 46.0 Å². The second kappa shape index (κ2) is 6.49. The minimum atomic E-state index is -0.925. The zero-order valence-electron chi connectivity index (χ0n) is 14.9. The van der Waals surface area contributed by atoms with Crippen LogP contribution in [0.2, 0.25) is 0 Å². The monoisotopic (exact) mass is 352 g/mol. The highest BCUT2D eigenvalue weighted by Gasteiger charge is 2.58. The van der Waals surface area contributed by atoms with Crippen molar-refractivity contribution in [3.63, 3.8) is 0 Å². The Bertz CT molecular complexity index is 599. The van der Waals surface area contributed by atoms with Gasteiger partial charge < -0.3 is 20.1 Å². The van der Waals surface area contributed by atoms with Crippen LogP contribution in [0.25, 0.3) is 0 Å². The lowest BCUT2D eigenvalue weighted by Gasteiger charge is -2.58. The lowest BCUT2D eigenvalue weighted by atomic mass is 9.46. The molecule has 25 heavy (non-hydrogen) atoms. The number of ketones is 1. The molecule has 6 nitrogen and oxygen atoms in total. The lowest BCUT2D eigenvalue weighted by Crippen LogP contribution is -2.58. The maximum Gasteiger partial charge on any atom is 0.336 e. The van der Waals surface area contributed by atoms with Crippen LogP contribution in [-0.4, -0.2) is 52.5 Å². The SMILES string of the molecule is C[C@]1(CO)[C@H]2CCC(=O)[C@@H](C/C=C3/C(=O)OC[C@H]3O)[C@]2(C)CC[C@H]1O. The number of rotatable bonds is 3. The van der Waals surface area contributed by atoms with Gasteiger partial charge >= 0.3 is 5.97 Å². The largest absolute Gasteiger partial charge is 0.459 e. The molecular formula is C19H28O6. The molecule has 1 saturated heterocycles. The van der Waals surface area contributed by atoms with E-state index in [1.807, 2.05) is 6.92 Å². The van der Waals surface area contributed by atoms with Crippen LogP contribution in [0.4, 0.5) is 0 Å². The molecule has 140 valence electrons. The topological polar surface area (TPSA) is 104 Å². The Kier molecular flexibility index (Phi) is 4.81. The Morgan fingerprint density at radius 3 is 2.56 bits per heavy atom. The molecule has 6 heteroatoms. The number of hydrogen-bond donors (Lipinski definition) is 3. The van der Waals surface area contributed by atoms with Crippen LogP contribution in [0, 0.1) is 22.7 Å². The summed E-state index contributed by atoms with van der Waals surface area (Å²) in [4.78, 5) is 24.4. The zero-order chi connectivity index (χ0) is 18.4. The summed E-state index contributed by atoms with van der Waals surface area (Å²) in [5, 5.41) is 30.2. The molecule has 3 rings (SSSR count). The van der Waals surface area contributed by atoms with Crippen molar-refractivity contribution < 1.29 is 29.6 Å². The van der Waals surface area contributed by atoms with Crippen LogP contribution in [0.5, 0.6) is 0 Å². The van der Waals surface area contributed by atoms with E-state index >= 15 is 0 Å². The summed E-state index contributed by atoms with van der Waals surface area (Å²) in [6.45, 7) is 3.84. The molecule has 0 amide bonds. The summed E-state index contributed by atoms with van der Waals surface area (Å²) < 4.78 is 4.83. The number of carbonyl (C=O) groups excluding carboxylic acids is 2. The third kappa shape index (κ3) is 2.84. The molecule has 0 aromatic rings. The first kappa shape index (κ1) is 18.5. The highest BCUT2D eigenvalue weighted by Crippen LogP contribution is 2.59. The second-order valence-electron chi connectivity index (χ2n) is 8.34. The summed E-state index contributed by atoms with van der Waals surface area (Å²) in [5.74, 6) is -0.599. The average Bonchev–Trinajstić information content (AvgIpc) is 2.89. The number of cyclic esters (lactones) is 1. The molecule has 3 N–H and O–H groups in total. The molecule has 2 aliphatic carbocycles. The smallest absolute Gasteiger partial charge is 0.336 e. The van der Waals surface area contributed by atoms with E-state index in [9.17, 15) is 24.9 Å². The summed E-state index contributed by atoms with van der Waals surface area (Å²) in [7, 11) is 0. The lowest BCUT2D eigenvalue weighted by molar-refractivity contribution is -0.170. The van der Waals surface area contributed by atoms with Gasteiger partial charge in [-0.2, -0.15) is 0 Å². The molecule has 0 spiro atoms. The molecule has 2 saturated carbocycles. The normalized spacial score (nSPS) is 46.2. The van der Waals surface area contributed by atoms with E-state index in [2.05, 4.69) is 6.92 Å². The number of aliphatic hydroxyl groups excluding tert-OH is 3. The fourth-order valence-electron chi connectivity index (χ4n) is 5.39. The van der Waals surface area contributed by atoms with E-state index in [1.165, 1.54) is 0 Å². The molecule has 0 bridgehead atoms. The van der Waals surface area contributed by atoms with Gasteiger partial charge in [-0.05, 0) is 37.0 Å². The number of ether oxygens (including phenoxy) is 1. The zero-order valence-corrected chi connectivity index (χ0v) is 14.9. The van der Waals surface area contributed by atoms with E-state index in [-0.39, 0.29) is 41.8 Å². The highest BCUT2D eigenvalue weighted by molar-refractivity contribution is 5.92. The fourth-order valence-corrected chi connectivity index (χ4v) is 5.39. The third-order valence-corrected chi connectivity index (χ3v) is 7.06. The Morgan fingerprint density at radius 1 is 1.24 bits per heavy atom. The Labute approximate surface area is 147 Å². The maximum atomic E-state index is 12.7. The van der Waals surface area contributed by atoms with Crippen LogP contribution in [0.15, 0.2) is 11.6 Å². The van der Waals surface area contributed by atoms with Gasteiger partial charge in [0.1, 0.15) is 18.5 Å². The van der Waals surface area contributed by atoms with Crippen LogP contribution < -0.4 is 0 Å². The molecule has 0 aromatic carbocycles. The summed E-state index contributed by atoms with van der Waals surface area (Å²) in [6.07, 6.45) is 2.88. The number of esters is 1. The highest BCUT2D eigenvalue weighted by atomic mass is 16.6. The second-order valence-corrected chi connectivity index (χ2v) is 8.34. The summed E-state index contributed by atoms with van der Waals surface area (Å²) in [5.41, 5.74) is -0.721. The number of hydrogen-bond acceptors (Lipinski definition) is 6. The maximum absolute atomic E-state index is 12.7. The molecule has 6 atom stereocenters. The molecule has 0 radical (unpaired) electrons. The van der Waals surface area contributed by atoms with Crippen molar-refractivity contribution in [2.75, 3.05) is 13.2 Å². The van der Waals surface area contributed by atoms with E-state index in [1.54, 1.807) is 6.08 Å². The van der Waals surface area contributed by atoms with Gasteiger partial charge in [0.25, 0.3) is 0 Å². The molecule has 3 aliphatic rings. The fraction of sp³-hybridized carbons (Fsp3) is 0.789. The first-order valence-electron chi connectivity index (χ1n) is 9.11. The van der Waals surface area contributed by atoms with Crippen molar-refractivity contribution in [3.8, 4) is 0 Å². The summed E-state index contributed by atoms with van der Waals surface area (Å²) >= 11 is 0. The van der Waals surface area contributed by atoms with Gasteiger partial charge in [-0.3, -0.25) is 4.79 Å². The minimum absolute atomic E-state index is 0.0298. The van der Waals surface area contributed by atoms with E-state index in [0.717, 1.165) is 0 Å². The van der Waals surface area contributed by atoms with Crippen LogP contribution >= 0.6 is 0 Å². The number of fused-ring (bicyclic) bond motifs is 1. The Balaban J connectivity index is 1.89. The van der Waals surface area contributed by atoms with Gasteiger partial charge in [0.05, 0.1) is 18.3 Å². The molecular weight excluding hydrogens is 324 g/mol. The van der Waals surface area contributed by atoms with Gasteiger partial charge in [-0.25, -0.2) is 4.79 Å². The van der Waals surface area contributed by atoms with E-state index < -0.39 is 23.6 Å². The van der Waals surface area contributed by atoms with Crippen molar-refractivity contribution in [1.82, 2.24) is 0 Å². The predicted molar refractivity (Wildman–Crippen MR) is 89.4 cm³/mol. The minimum Gasteiger partial charge on any atom is -0.459 e. The predicted octanol–water partition coefficient (Wildman–Crippen LogP) is 0.975. The molecule has 0 unspecified atom stereocenters. The Hall–Kier alpha value is -1.24. The number of Topliss-reactive ketones (excluding diaryl/α,β-unsaturated/α-hetero) is 1. The van der Waals surface area contributed by atoms with Gasteiger partial charge in [0, 0.05) is 17.8 Å². The van der Waals surface area contributed by atoms with E-state index in [4.69, 9.17) is 4.74 Å². The van der Waals surface area contributed by atoms with Gasteiger partial charge in [-0.15, -0.1) is 0 Å². The van der Waals surface area contributed by atoms with Crippen LogP contribution in [0.3, 0.4) is 0 Å². The third-order valence-electron chi connectivity index (χ3n) is 7.06. The number of carbonyl (C=O) groups is 2. The van der Waals surface area contributed by atoms with E-state index in [0.29, 0.717) is 32.1 Å². The Morgan fingerprint density at radius 2 is 1.96 bits per heavy atom. The number of aliphatic hydroxyl groups is 3. The van der Waals surface area contributed by atoms with Crippen molar-refractivity contribution >= 4 is 11.8 Å². The van der Waals surface area contributed by atoms with Crippen molar-refractivity contribution in [1.29, 1.82) is 0 Å². The molecule has 3 fully saturated rings. The summed E-state index contributed by atoms with van der Waals surface area (Å²) in [6, 6.07) is 0. The van der Waals surface area contributed by atoms with Crippen LogP contribution in [-0.2, 0) is 14.3 Å². The molecule has 0 aromatic heterocycles. The van der Waals surface area contributed by atoms with Crippen molar-refractivity contribution in [2.45, 2.75) is 58.2 Å². The quantitative estimate of drug-likeness (QED) is 0.517. The number of allylic oxidation sites excluding steroid dienone is 1. The van der Waals surface area contributed by atoms with Gasteiger partial charge in [0.2, 0.25) is 0 Å². The van der Waals surface area contributed by atoms with Crippen molar-refractivity contribution in [3.05, 3.63) is 11.6 Å². The standard InChI is InChI=1S/C19H28O6/c1-18-8-7-16(23)19(2,10-20)15(18)6-5-13(21)12(18)4-3-11-14(22)9-25-17(11)24/h3,12,14-16,20,22-23H,4-10H2,1-2H3/b11-3+/t12-,14-,15+,16-,18+,19+/m1/s1. The molecule has 1 heterocycles. The van der Waals surface area contributed by atoms with Crippen molar-refractivity contribution in [2.24, 2.45) is 22.7 Å². The first-order valence-corrected chi connectivity index (χ1v) is 9.11. The first-order chi connectivity index (χ1) is 11.7. The molecule has 1 aliphatic heterocycles. The van der Waals surface area contributed by atoms with Gasteiger partial charge in [-0.1, -0.05) is 19.9 Å².